The van der Waals surface area contributed by atoms with Gasteiger partial charge in [0.05, 0.1) is 29.7 Å². The minimum absolute atomic E-state index is 0.00619. The molecule has 0 aromatic rings. The van der Waals surface area contributed by atoms with Crippen LogP contribution in [-0.4, -0.2) is 87.8 Å². The Morgan fingerprint density at radius 1 is 1.28 bits per heavy atom. The van der Waals surface area contributed by atoms with Gasteiger partial charge in [0, 0.05) is 36.7 Å². The second-order valence-electron chi connectivity index (χ2n) is 7.90. The van der Waals surface area contributed by atoms with E-state index in [-0.39, 0.29) is 35.7 Å². The molecule has 3 amide bonds. The third kappa shape index (κ3) is 3.35. The van der Waals surface area contributed by atoms with E-state index in [0.717, 1.165) is 21.6 Å². The number of aliphatic hydroxyl groups is 1. The summed E-state index contributed by atoms with van der Waals surface area (Å²) in [6.45, 7) is 3.26. The second-order valence-corrected chi connectivity index (χ2v) is 9.24. The Kier molecular flexibility index (Phi) is 5.56. The molecule has 0 bridgehead atoms. The Morgan fingerprint density at radius 2 is 1.90 bits per heavy atom. The first-order valence-electron chi connectivity index (χ1n) is 9.29. The number of likely N-dealkylation sites (tertiary alicyclic amines) is 1. The first kappa shape index (κ1) is 21.4. The van der Waals surface area contributed by atoms with Gasteiger partial charge in [-0.3, -0.25) is 9.59 Å². The zero-order valence-electron chi connectivity index (χ0n) is 16.5. The lowest BCUT2D eigenvalue weighted by atomic mass is 9.79. The van der Waals surface area contributed by atoms with Crippen LogP contribution in [0.3, 0.4) is 0 Å². The Hall–Kier alpha value is -2.27. The number of thioether (sulfide) groups is 1. The van der Waals surface area contributed by atoms with Gasteiger partial charge in [0.2, 0.25) is 11.8 Å². The molecule has 2 fully saturated rings. The number of fused-ring (bicyclic) bond motifs is 1. The molecule has 1 N–H and O–H groups in total. The smallest absolute Gasteiger partial charge is 0.244 e. The lowest BCUT2D eigenvalue weighted by Gasteiger charge is -2.47. The standard InChI is InChI=1S/C18H25N3O7S/c1-7-12-11(8(2)22)16(24)21(12)13(17(25)26)14(7)29-9-5-10(15(23)19(3)4)20(6-9)18(27)28/h7-12,22H,5-6H2,1-4H3,(H,25,26)(H,27,28)/p-2. The minimum atomic E-state index is -1.49. The summed E-state index contributed by atoms with van der Waals surface area (Å²) in [5.41, 5.74) is -0.225. The molecule has 160 valence electrons. The lowest BCUT2D eigenvalue weighted by Crippen LogP contribution is -2.64. The number of β-lactam (4-membered cyclic amide) rings is 1. The first-order valence-corrected chi connectivity index (χ1v) is 10.2. The van der Waals surface area contributed by atoms with Crippen molar-refractivity contribution in [3.8, 4) is 0 Å². The molecule has 0 spiro atoms. The van der Waals surface area contributed by atoms with E-state index in [1.165, 1.54) is 25.9 Å². The van der Waals surface area contributed by atoms with Crippen LogP contribution in [0.15, 0.2) is 10.6 Å². The molecule has 3 aliphatic heterocycles. The van der Waals surface area contributed by atoms with Gasteiger partial charge in [-0.1, -0.05) is 6.92 Å². The molecule has 2 saturated heterocycles. The highest BCUT2D eigenvalue weighted by atomic mass is 32.2. The van der Waals surface area contributed by atoms with E-state index in [0.29, 0.717) is 4.91 Å². The number of carboxylic acids is 1. The van der Waals surface area contributed by atoms with Crippen molar-refractivity contribution >= 4 is 35.6 Å². The molecule has 3 rings (SSSR count). The van der Waals surface area contributed by atoms with Crippen LogP contribution in [0, 0.1) is 11.8 Å². The number of aliphatic hydroxyl groups excluding tert-OH is 1. The molecule has 0 aromatic heterocycles. The molecule has 0 aliphatic carbocycles. The van der Waals surface area contributed by atoms with Crippen LogP contribution in [0.4, 0.5) is 4.79 Å². The molecule has 0 saturated carbocycles. The van der Waals surface area contributed by atoms with E-state index < -0.39 is 42.1 Å². The second kappa shape index (κ2) is 7.52. The number of carbonyl (C=O) groups excluding carboxylic acids is 4. The number of hydrogen-bond acceptors (Lipinski definition) is 8. The Bertz CT molecular complexity index is 796. The summed E-state index contributed by atoms with van der Waals surface area (Å²) < 4.78 is 0. The van der Waals surface area contributed by atoms with Crippen molar-refractivity contribution in [1.82, 2.24) is 14.7 Å². The van der Waals surface area contributed by atoms with Gasteiger partial charge >= 0.3 is 0 Å². The number of nitrogens with zero attached hydrogens (tertiary/aromatic N) is 3. The summed E-state index contributed by atoms with van der Waals surface area (Å²) in [4.78, 5) is 51.8. The highest BCUT2D eigenvalue weighted by Crippen LogP contribution is 2.52. The van der Waals surface area contributed by atoms with Gasteiger partial charge in [-0.2, -0.15) is 0 Å². The molecule has 29 heavy (non-hydrogen) atoms. The van der Waals surface area contributed by atoms with E-state index in [9.17, 15) is 34.5 Å². The van der Waals surface area contributed by atoms with E-state index in [1.54, 1.807) is 6.92 Å². The van der Waals surface area contributed by atoms with Gasteiger partial charge in [0.15, 0.2) is 0 Å². The lowest BCUT2D eigenvalue weighted by molar-refractivity contribution is -0.301. The molecule has 11 heteroatoms. The summed E-state index contributed by atoms with van der Waals surface area (Å²) in [7, 11) is 3.05. The predicted octanol–water partition coefficient (Wildman–Crippen LogP) is -2.59. The molecule has 0 radical (unpaired) electrons. The van der Waals surface area contributed by atoms with Gasteiger partial charge in [0.25, 0.3) is 0 Å². The Balaban J connectivity index is 1.86. The average Bonchev–Trinajstić information content (AvgIpc) is 3.13. The van der Waals surface area contributed by atoms with Crippen LogP contribution in [0.25, 0.3) is 0 Å². The highest BCUT2D eigenvalue weighted by molar-refractivity contribution is 8.03. The van der Waals surface area contributed by atoms with E-state index in [2.05, 4.69) is 0 Å². The number of carbonyl (C=O) groups is 4. The molecule has 3 aliphatic rings. The van der Waals surface area contributed by atoms with Gasteiger partial charge in [-0.15, -0.1) is 11.8 Å². The highest BCUT2D eigenvalue weighted by Gasteiger charge is 2.59. The van der Waals surface area contributed by atoms with Crippen molar-refractivity contribution in [3.63, 3.8) is 0 Å². The number of rotatable bonds is 5. The fourth-order valence-corrected chi connectivity index (χ4v) is 5.99. The predicted molar refractivity (Wildman–Crippen MR) is 97.6 cm³/mol. The van der Waals surface area contributed by atoms with Crippen LogP contribution < -0.4 is 10.2 Å². The number of aliphatic carboxylic acids is 1. The monoisotopic (exact) mass is 425 g/mol. The zero-order valence-corrected chi connectivity index (χ0v) is 17.3. The van der Waals surface area contributed by atoms with Crippen molar-refractivity contribution < 1.29 is 34.5 Å². The normalized spacial score (nSPS) is 32.2. The van der Waals surface area contributed by atoms with Crippen LogP contribution in [0.1, 0.15) is 20.3 Å². The van der Waals surface area contributed by atoms with E-state index in [4.69, 9.17) is 0 Å². The molecular weight excluding hydrogens is 402 g/mol. The molecule has 6 unspecified atom stereocenters. The summed E-state index contributed by atoms with van der Waals surface area (Å²) in [5.74, 6) is -3.38. The maximum atomic E-state index is 12.4. The third-order valence-corrected chi connectivity index (χ3v) is 7.31. The van der Waals surface area contributed by atoms with Crippen molar-refractivity contribution in [3.05, 3.63) is 10.6 Å². The van der Waals surface area contributed by atoms with Crippen LogP contribution >= 0.6 is 11.8 Å². The van der Waals surface area contributed by atoms with Crippen molar-refractivity contribution in [1.29, 1.82) is 0 Å². The summed E-state index contributed by atoms with van der Waals surface area (Å²) in [6.07, 6.45) is -2.18. The van der Waals surface area contributed by atoms with Gasteiger partial charge in [-0.05, 0) is 13.3 Å². The van der Waals surface area contributed by atoms with Crippen LogP contribution in [-0.2, 0) is 14.4 Å². The van der Waals surface area contributed by atoms with Gasteiger partial charge in [-0.25, -0.2) is 0 Å². The van der Waals surface area contributed by atoms with E-state index >= 15 is 0 Å². The maximum Gasteiger partial charge on any atom is 0.244 e. The van der Waals surface area contributed by atoms with Crippen molar-refractivity contribution in [2.45, 2.75) is 43.7 Å². The average molecular weight is 425 g/mol. The van der Waals surface area contributed by atoms with E-state index in [1.807, 2.05) is 0 Å². The molecule has 6 atom stereocenters. The SMILES string of the molecule is CC(O)C1C(=O)N2C(C(=O)[O-])=C(SC3CC(C(=O)N(C)C)N(C(=O)[O-])C3)C(C)C12. The number of amides is 3. The molecule has 0 aromatic carbocycles. The minimum Gasteiger partial charge on any atom is -0.543 e. The summed E-state index contributed by atoms with van der Waals surface area (Å²) in [5, 5.41) is 32.7. The zero-order chi connectivity index (χ0) is 21.8. The maximum absolute atomic E-state index is 12.4. The molecule has 10 nitrogen and oxygen atoms in total. The summed E-state index contributed by atoms with van der Waals surface area (Å²) >= 11 is 1.16. The number of hydrogen-bond donors (Lipinski definition) is 1. The van der Waals surface area contributed by atoms with Crippen LogP contribution in [0.2, 0.25) is 0 Å². The fourth-order valence-electron chi connectivity index (χ4n) is 4.47. The quantitative estimate of drug-likeness (QED) is 0.473. The third-order valence-electron chi connectivity index (χ3n) is 5.82. The Labute approximate surface area is 172 Å². The summed E-state index contributed by atoms with van der Waals surface area (Å²) in [6, 6.07) is -1.38. The largest absolute Gasteiger partial charge is 0.543 e. The van der Waals surface area contributed by atoms with Gasteiger partial charge in [0.1, 0.15) is 12.1 Å². The molecule has 3 heterocycles. The van der Waals surface area contributed by atoms with Crippen molar-refractivity contribution in [2.75, 3.05) is 20.6 Å². The topological polar surface area (TPSA) is 144 Å². The van der Waals surface area contributed by atoms with Crippen LogP contribution in [0.5, 0.6) is 0 Å². The first-order chi connectivity index (χ1) is 13.5. The fraction of sp³-hybridized carbons (Fsp3) is 0.667. The Morgan fingerprint density at radius 3 is 2.38 bits per heavy atom. The number of carboxylic acid groups (broad SMARTS) is 2. The number of likely N-dealkylation sites (N-methyl/N-ethyl adjacent to an activating group) is 1. The van der Waals surface area contributed by atoms with Gasteiger partial charge < -0.3 is 39.6 Å². The molecular formula is C18H23N3O7S-2. The van der Waals surface area contributed by atoms with Crippen molar-refractivity contribution in [2.24, 2.45) is 11.8 Å².